The Morgan fingerprint density at radius 3 is 2.39 bits per heavy atom. The first-order valence-corrected chi connectivity index (χ1v) is 7.96. The predicted octanol–water partition coefficient (Wildman–Crippen LogP) is 3.77. The molecule has 0 aliphatic heterocycles. The standard InChI is InChI=1S/C16H30O2/c1-2-3-4-14-7-9-16(12-17,10-8-14)13-18-11-15-5-6-15/h14-15,17H,2-13H2,1H3. The summed E-state index contributed by atoms with van der Waals surface area (Å²) in [5.41, 5.74) is 0.0948. The number of rotatable bonds is 8. The highest BCUT2D eigenvalue weighted by Gasteiger charge is 2.35. The van der Waals surface area contributed by atoms with Crippen molar-refractivity contribution in [2.75, 3.05) is 19.8 Å². The molecule has 2 nitrogen and oxygen atoms in total. The van der Waals surface area contributed by atoms with Crippen molar-refractivity contribution in [1.82, 2.24) is 0 Å². The molecule has 2 rings (SSSR count). The van der Waals surface area contributed by atoms with E-state index < -0.39 is 0 Å². The van der Waals surface area contributed by atoms with E-state index in [9.17, 15) is 5.11 Å². The number of hydrogen-bond acceptors (Lipinski definition) is 2. The van der Waals surface area contributed by atoms with Gasteiger partial charge in [-0.15, -0.1) is 0 Å². The fourth-order valence-corrected chi connectivity index (χ4v) is 3.15. The molecular formula is C16H30O2. The molecule has 1 N–H and O–H groups in total. The van der Waals surface area contributed by atoms with Crippen molar-refractivity contribution in [2.24, 2.45) is 17.3 Å². The van der Waals surface area contributed by atoms with Crippen molar-refractivity contribution < 1.29 is 9.84 Å². The van der Waals surface area contributed by atoms with Gasteiger partial charge in [-0.2, -0.15) is 0 Å². The van der Waals surface area contributed by atoms with Crippen molar-refractivity contribution in [1.29, 1.82) is 0 Å². The van der Waals surface area contributed by atoms with E-state index in [0.717, 1.165) is 25.0 Å². The molecule has 0 unspecified atom stereocenters. The van der Waals surface area contributed by atoms with Crippen LogP contribution in [0.25, 0.3) is 0 Å². The van der Waals surface area contributed by atoms with E-state index >= 15 is 0 Å². The van der Waals surface area contributed by atoms with Gasteiger partial charge < -0.3 is 9.84 Å². The Morgan fingerprint density at radius 2 is 1.83 bits per heavy atom. The molecule has 0 bridgehead atoms. The van der Waals surface area contributed by atoms with Crippen molar-refractivity contribution in [3.63, 3.8) is 0 Å². The zero-order chi connectivity index (χ0) is 12.8. The number of ether oxygens (including phenoxy) is 1. The largest absolute Gasteiger partial charge is 0.396 e. The number of aliphatic hydroxyl groups excluding tert-OH is 1. The summed E-state index contributed by atoms with van der Waals surface area (Å²) in [5.74, 6) is 1.75. The summed E-state index contributed by atoms with van der Waals surface area (Å²) in [6, 6.07) is 0. The molecule has 2 aliphatic rings. The Hall–Kier alpha value is -0.0800. The molecule has 0 saturated heterocycles. The average Bonchev–Trinajstić information content (AvgIpc) is 3.22. The lowest BCUT2D eigenvalue weighted by atomic mass is 9.70. The molecule has 18 heavy (non-hydrogen) atoms. The summed E-state index contributed by atoms with van der Waals surface area (Å²) >= 11 is 0. The first kappa shape index (κ1) is 14.3. The van der Waals surface area contributed by atoms with Gasteiger partial charge in [0.1, 0.15) is 0 Å². The molecule has 106 valence electrons. The van der Waals surface area contributed by atoms with E-state index in [1.54, 1.807) is 0 Å². The topological polar surface area (TPSA) is 29.5 Å². The normalized spacial score (nSPS) is 32.7. The van der Waals surface area contributed by atoms with Crippen LogP contribution in [0.3, 0.4) is 0 Å². The lowest BCUT2D eigenvalue weighted by Crippen LogP contribution is -2.35. The molecule has 0 spiro atoms. The second-order valence-electron chi connectivity index (χ2n) is 6.70. The van der Waals surface area contributed by atoms with Gasteiger partial charge in [0.15, 0.2) is 0 Å². The van der Waals surface area contributed by atoms with Crippen molar-refractivity contribution in [3.8, 4) is 0 Å². The highest BCUT2D eigenvalue weighted by Crippen LogP contribution is 2.41. The fourth-order valence-electron chi connectivity index (χ4n) is 3.15. The molecule has 0 amide bonds. The molecule has 0 aromatic carbocycles. The Balaban J connectivity index is 1.68. The number of unbranched alkanes of at least 4 members (excludes halogenated alkanes) is 1. The smallest absolute Gasteiger partial charge is 0.0544 e. The van der Waals surface area contributed by atoms with Crippen LogP contribution in [0.2, 0.25) is 0 Å². The van der Waals surface area contributed by atoms with E-state index in [-0.39, 0.29) is 5.41 Å². The van der Waals surface area contributed by atoms with Crippen LogP contribution in [0.5, 0.6) is 0 Å². The van der Waals surface area contributed by atoms with Crippen LogP contribution in [0.1, 0.15) is 64.7 Å². The SMILES string of the molecule is CCCCC1CCC(CO)(COCC2CC2)CC1. The Bertz CT molecular complexity index is 227. The van der Waals surface area contributed by atoms with Gasteiger partial charge in [-0.3, -0.25) is 0 Å². The lowest BCUT2D eigenvalue weighted by Gasteiger charge is -2.38. The van der Waals surface area contributed by atoms with E-state index in [4.69, 9.17) is 4.74 Å². The van der Waals surface area contributed by atoms with Gasteiger partial charge in [0, 0.05) is 12.0 Å². The maximum Gasteiger partial charge on any atom is 0.0544 e. The third-order valence-corrected chi connectivity index (χ3v) is 4.93. The molecule has 2 saturated carbocycles. The minimum Gasteiger partial charge on any atom is -0.396 e. The summed E-state index contributed by atoms with van der Waals surface area (Å²) in [6.07, 6.45) is 11.7. The maximum atomic E-state index is 9.70. The van der Waals surface area contributed by atoms with Crippen molar-refractivity contribution in [2.45, 2.75) is 64.7 Å². The summed E-state index contributed by atoms with van der Waals surface area (Å²) in [7, 11) is 0. The Labute approximate surface area is 112 Å². The minimum absolute atomic E-state index is 0.0948. The maximum absolute atomic E-state index is 9.70. The zero-order valence-corrected chi connectivity index (χ0v) is 12.0. The second kappa shape index (κ2) is 6.91. The molecule has 0 radical (unpaired) electrons. The minimum atomic E-state index is 0.0948. The molecule has 0 heterocycles. The van der Waals surface area contributed by atoms with Gasteiger partial charge in [0.25, 0.3) is 0 Å². The van der Waals surface area contributed by atoms with Crippen LogP contribution in [0, 0.1) is 17.3 Å². The molecule has 2 aliphatic carbocycles. The summed E-state index contributed by atoms with van der Waals surface area (Å²) in [6.45, 7) is 4.31. The fraction of sp³-hybridized carbons (Fsp3) is 1.00. The van der Waals surface area contributed by atoms with Crippen molar-refractivity contribution in [3.05, 3.63) is 0 Å². The van der Waals surface area contributed by atoms with Crippen LogP contribution >= 0.6 is 0 Å². The van der Waals surface area contributed by atoms with Gasteiger partial charge in [0.05, 0.1) is 13.2 Å². The third-order valence-electron chi connectivity index (χ3n) is 4.93. The van der Waals surface area contributed by atoms with E-state index in [1.807, 2.05) is 0 Å². The van der Waals surface area contributed by atoms with Gasteiger partial charge in [0.2, 0.25) is 0 Å². The Morgan fingerprint density at radius 1 is 1.11 bits per heavy atom. The highest BCUT2D eigenvalue weighted by atomic mass is 16.5. The van der Waals surface area contributed by atoms with E-state index in [1.165, 1.54) is 57.8 Å². The first-order chi connectivity index (χ1) is 8.78. The number of aliphatic hydroxyl groups is 1. The first-order valence-electron chi connectivity index (χ1n) is 7.96. The lowest BCUT2D eigenvalue weighted by molar-refractivity contribution is -0.0283. The van der Waals surface area contributed by atoms with Gasteiger partial charge in [-0.05, 0) is 50.4 Å². The van der Waals surface area contributed by atoms with Gasteiger partial charge in [-0.1, -0.05) is 26.2 Å². The molecule has 0 aromatic rings. The van der Waals surface area contributed by atoms with Gasteiger partial charge >= 0.3 is 0 Å². The van der Waals surface area contributed by atoms with Gasteiger partial charge in [-0.25, -0.2) is 0 Å². The quantitative estimate of drug-likeness (QED) is 0.714. The monoisotopic (exact) mass is 254 g/mol. The van der Waals surface area contributed by atoms with Crippen LogP contribution in [0.15, 0.2) is 0 Å². The van der Waals surface area contributed by atoms with E-state index in [2.05, 4.69) is 6.92 Å². The summed E-state index contributed by atoms with van der Waals surface area (Å²) in [5, 5.41) is 9.70. The van der Waals surface area contributed by atoms with Crippen LogP contribution < -0.4 is 0 Å². The van der Waals surface area contributed by atoms with Crippen LogP contribution in [0.4, 0.5) is 0 Å². The second-order valence-corrected chi connectivity index (χ2v) is 6.70. The molecule has 2 fully saturated rings. The van der Waals surface area contributed by atoms with Crippen molar-refractivity contribution >= 4 is 0 Å². The Kier molecular flexibility index (Phi) is 5.50. The molecule has 2 heteroatoms. The van der Waals surface area contributed by atoms with Crippen LogP contribution in [-0.4, -0.2) is 24.9 Å². The van der Waals surface area contributed by atoms with Crippen LogP contribution in [-0.2, 0) is 4.74 Å². The molecular weight excluding hydrogens is 224 g/mol. The highest BCUT2D eigenvalue weighted by molar-refractivity contribution is 4.85. The molecule has 0 atom stereocenters. The summed E-state index contributed by atoms with van der Waals surface area (Å²) in [4.78, 5) is 0. The third kappa shape index (κ3) is 4.24. The predicted molar refractivity (Wildman–Crippen MR) is 74.5 cm³/mol. The molecule has 0 aromatic heterocycles. The zero-order valence-electron chi connectivity index (χ0n) is 12.0. The van der Waals surface area contributed by atoms with E-state index in [0.29, 0.717) is 6.61 Å². The summed E-state index contributed by atoms with van der Waals surface area (Å²) < 4.78 is 5.85. The average molecular weight is 254 g/mol. The number of hydrogen-bond donors (Lipinski definition) is 1.